The largest absolute Gasteiger partial charge is 0.426 e. The second-order valence-electron chi connectivity index (χ2n) is 7.29. The minimum Gasteiger partial charge on any atom is -0.426 e. The number of imide groups is 1. The fourth-order valence-corrected chi connectivity index (χ4v) is 3.66. The summed E-state index contributed by atoms with van der Waals surface area (Å²) in [5.74, 6) is -1.52. The molecule has 2 aromatic rings. The van der Waals surface area contributed by atoms with Gasteiger partial charge in [-0.2, -0.15) is 0 Å². The molecule has 0 N–H and O–H groups in total. The molecule has 2 aliphatic rings. The summed E-state index contributed by atoms with van der Waals surface area (Å²) >= 11 is 0. The lowest BCUT2D eigenvalue weighted by atomic mass is 10.1. The molecular formula is C22H20N2O5. The van der Waals surface area contributed by atoms with Gasteiger partial charge >= 0.3 is 5.97 Å². The number of esters is 1. The molecule has 0 radical (unpaired) electrons. The van der Waals surface area contributed by atoms with Gasteiger partial charge in [-0.15, -0.1) is 0 Å². The summed E-state index contributed by atoms with van der Waals surface area (Å²) in [5.41, 5.74) is 2.18. The Kier molecular flexibility index (Phi) is 4.88. The molecule has 1 atom stereocenters. The Hall–Kier alpha value is -3.48. The Bertz CT molecular complexity index is 1000. The van der Waals surface area contributed by atoms with Crippen molar-refractivity contribution < 1.29 is 23.9 Å². The van der Waals surface area contributed by atoms with Gasteiger partial charge < -0.3 is 9.64 Å². The van der Waals surface area contributed by atoms with E-state index in [4.69, 9.17) is 4.74 Å². The second-order valence-corrected chi connectivity index (χ2v) is 7.29. The molecule has 0 bridgehead atoms. The first-order valence-corrected chi connectivity index (χ1v) is 9.47. The van der Waals surface area contributed by atoms with Gasteiger partial charge in [0.15, 0.2) is 0 Å². The molecule has 7 nitrogen and oxygen atoms in total. The van der Waals surface area contributed by atoms with Crippen molar-refractivity contribution in [1.82, 2.24) is 0 Å². The summed E-state index contributed by atoms with van der Waals surface area (Å²) in [6.45, 7) is 2.20. The summed E-state index contributed by atoms with van der Waals surface area (Å²) < 4.78 is 5.46. The molecule has 2 saturated heterocycles. The van der Waals surface area contributed by atoms with E-state index in [1.54, 1.807) is 23.1 Å². The van der Waals surface area contributed by atoms with E-state index in [1.807, 2.05) is 31.2 Å². The number of hydrogen-bond acceptors (Lipinski definition) is 5. The highest BCUT2D eigenvalue weighted by molar-refractivity contribution is 6.19. The highest BCUT2D eigenvalue weighted by Crippen LogP contribution is 2.29. The summed E-state index contributed by atoms with van der Waals surface area (Å²) in [6.07, 6.45) is 0.444. The van der Waals surface area contributed by atoms with Gasteiger partial charge in [-0.3, -0.25) is 24.1 Å². The molecule has 0 aromatic heterocycles. The second kappa shape index (κ2) is 7.50. The maximum absolute atomic E-state index is 12.6. The Balaban J connectivity index is 1.46. The minimum atomic E-state index is -0.582. The molecule has 0 saturated carbocycles. The van der Waals surface area contributed by atoms with Crippen LogP contribution in [0.4, 0.5) is 11.4 Å². The Morgan fingerprint density at radius 1 is 0.931 bits per heavy atom. The van der Waals surface area contributed by atoms with E-state index in [1.165, 1.54) is 6.07 Å². The van der Waals surface area contributed by atoms with Crippen molar-refractivity contribution >= 4 is 35.1 Å². The van der Waals surface area contributed by atoms with Crippen LogP contribution < -0.4 is 14.5 Å². The van der Waals surface area contributed by atoms with Gasteiger partial charge in [-0.05, 0) is 36.8 Å². The summed E-state index contributed by atoms with van der Waals surface area (Å²) in [4.78, 5) is 51.5. The van der Waals surface area contributed by atoms with E-state index in [9.17, 15) is 19.2 Å². The molecule has 0 spiro atoms. The Morgan fingerprint density at radius 2 is 1.62 bits per heavy atom. The summed E-state index contributed by atoms with van der Waals surface area (Å²) in [7, 11) is 0. The predicted molar refractivity (Wildman–Crippen MR) is 105 cm³/mol. The number of carbonyl (C=O) groups is 4. The van der Waals surface area contributed by atoms with Crippen LogP contribution in [0.2, 0.25) is 0 Å². The molecule has 0 unspecified atom stereocenters. The van der Waals surface area contributed by atoms with Crippen LogP contribution >= 0.6 is 0 Å². The molecule has 0 aliphatic carbocycles. The SMILES string of the molecule is Cc1cccc(N2C[C@H](C(=O)Oc3cccc(N4C(=O)CCC4=O)c3)CC2=O)c1. The average molecular weight is 392 g/mol. The summed E-state index contributed by atoms with van der Waals surface area (Å²) in [5, 5.41) is 0. The fourth-order valence-electron chi connectivity index (χ4n) is 3.66. The van der Waals surface area contributed by atoms with E-state index in [2.05, 4.69) is 0 Å². The van der Waals surface area contributed by atoms with Crippen LogP contribution in [0.5, 0.6) is 5.75 Å². The van der Waals surface area contributed by atoms with E-state index in [0.29, 0.717) is 5.69 Å². The molecule has 3 amide bonds. The molecule has 29 heavy (non-hydrogen) atoms. The van der Waals surface area contributed by atoms with Crippen molar-refractivity contribution in [2.75, 3.05) is 16.3 Å². The number of carbonyl (C=O) groups excluding carboxylic acids is 4. The third-order valence-electron chi connectivity index (χ3n) is 5.12. The number of aryl methyl sites for hydroxylation is 1. The van der Waals surface area contributed by atoms with Gasteiger partial charge in [0.2, 0.25) is 17.7 Å². The fraction of sp³-hybridized carbons (Fsp3) is 0.273. The average Bonchev–Trinajstić information content (AvgIpc) is 3.24. The lowest BCUT2D eigenvalue weighted by Gasteiger charge is -2.17. The Morgan fingerprint density at radius 3 is 2.34 bits per heavy atom. The number of anilines is 2. The van der Waals surface area contributed by atoms with Gasteiger partial charge in [0.1, 0.15) is 5.75 Å². The van der Waals surface area contributed by atoms with Crippen molar-refractivity contribution in [2.24, 2.45) is 5.92 Å². The molecule has 4 rings (SSSR count). The standard InChI is InChI=1S/C22H20N2O5/c1-14-4-2-5-16(10-14)23-13-15(11-21(23)27)22(28)29-18-7-3-6-17(12-18)24-19(25)8-9-20(24)26/h2-7,10,12,15H,8-9,11,13H2,1H3/t15-/m1/s1. The van der Waals surface area contributed by atoms with Crippen LogP contribution in [0.1, 0.15) is 24.8 Å². The zero-order valence-corrected chi connectivity index (χ0v) is 16.0. The van der Waals surface area contributed by atoms with Gasteiger partial charge in [-0.1, -0.05) is 18.2 Å². The molecular weight excluding hydrogens is 372 g/mol. The first-order chi connectivity index (χ1) is 13.9. The summed E-state index contributed by atoms with van der Waals surface area (Å²) in [6, 6.07) is 13.9. The van der Waals surface area contributed by atoms with E-state index in [0.717, 1.165) is 16.2 Å². The molecule has 2 fully saturated rings. The van der Waals surface area contributed by atoms with E-state index >= 15 is 0 Å². The van der Waals surface area contributed by atoms with Gasteiger partial charge in [-0.25, -0.2) is 0 Å². The molecule has 2 aliphatic heterocycles. The van der Waals surface area contributed by atoms with Crippen molar-refractivity contribution in [1.29, 1.82) is 0 Å². The highest BCUT2D eigenvalue weighted by Gasteiger charge is 2.36. The molecule has 148 valence electrons. The number of nitrogens with zero attached hydrogens (tertiary/aromatic N) is 2. The van der Waals surface area contributed by atoms with Crippen LogP contribution in [-0.2, 0) is 19.2 Å². The third kappa shape index (κ3) is 3.76. The van der Waals surface area contributed by atoms with Crippen molar-refractivity contribution in [3.8, 4) is 5.75 Å². The van der Waals surface area contributed by atoms with Gasteiger partial charge in [0.25, 0.3) is 0 Å². The number of hydrogen-bond donors (Lipinski definition) is 0. The number of benzene rings is 2. The first kappa shape index (κ1) is 18.9. The van der Waals surface area contributed by atoms with Crippen LogP contribution in [0, 0.1) is 12.8 Å². The van der Waals surface area contributed by atoms with Crippen LogP contribution in [0.15, 0.2) is 48.5 Å². The Labute approximate surface area is 167 Å². The zero-order valence-electron chi connectivity index (χ0n) is 16.0. The maximum atomic E-state index is 12.6. The topological polar surface area (TPSA) is 84.0 Å². The quantitative estimate of drug-likeness (QED) is 0.454. The molecule has 2 aromatic carbocycles. The number of amides is 3. The van der Waals surface area contributed by atoms with Gasteiger partial charge in [0, 0.05) is 37.6 Å². The molecule has 7 heteroatoms. The third-order valence-corrected chi connectivity index (χ3v) is 5.12. The van der Waals surface area contributed by atoms with Gasteiger partial charge in [0.05, 0.1) is 11.6 Å². The molecule has 2 heterocycles. The lowest BCUT2D eigenvalue weighted by Crippen LogP contribution is -2.29. The number of rotatable bonds is 4. The normalized spacial score (nSPS) is 19.2. The predicted octanol–water partition coefficient (Wildman–Crippen LogP) is 2.61. The first-order valence-electron chi connectivity index (χ1n) is 9.47. The van der Waals surface area contributed by atoms with Crippen molar-refractivity contribution in [2.45, 2.75) is 26.2 Å². The van der Waals surface area contributed by atoms with Crippen LogP contribution in [-0.4, -0.2) is 30.2 Å². The van der Waals surface area contributed by atoms with Crippen LogP contribution in [0.25, 0.3) is 0 Å². The van der Waals surface area contributed by atoms with Crippen molar-refractivity contribution in [3.05, 3.63) is 54.1 Å². The maximum Gasteiger partial charge on any atom is 0.316 e. The highest BCUT2D eigenvalue weighted by atomic mass is 16.5. The smallest absolute Gasteiger partial charge is 0.316 e. The van der Waals surface area contributed by atoms with E-state index < -0.39 is 11.9 Å². The minimum absolute atomic E-state index is 0.0789. The van der Waals surface area contributed by atoms with Crippen LogP contribution in [0.3, 0.4) is 0 Å². The number of ether oxygens (including phenoxy) is 1. The van der Waals surface area contributed by atoms with E-state index in [-0.39, 0.29) is 49.3 Å². The van der Waals surface area contributed by atoms with Crippen molar-refractivity contribution in [3.63, 3.8) is 0 Å². The zero-order chi connectivity index (χ0) is 20.5. The lowest BCUT2D eigenvalue weighted by molar-refractivity contribution is -0.139. The monoisotopic (exact) mass is 392 g/mol.